The molecule has 8 heteroatoms. The van der Waals surface area contributed by atoms with Gasteiger partial charge in [0.15, 0.2) is 0 Å². The average Bonchev–Trinajstić information content (AvgIpc) is 3.22. The average molecular weight is 407 g/mol. The summed E-state index contributed by atoms with van der Waals surface area (Å²) < 4.78 is 33.6. The zero-order valence-corrected chi connectivity index (χ0v) is 18.0. The van der Waals surface area contributed by atoms with E-state index in [9.17, 15) is 8.42 Å². The largest absolute Gasteiger partial charge is 0.468 e. The minimum absolute atomic E-state index is 0.105. The molecule has 2 aromatic heterocycles. The Morgan fingerprint density at radius 1 is 1.29 bits per heavy atom. The smallest absolute Gasteiger partial charge is 0.211 e. The Morgan fingerprint density at radius 3 is 2.57 bits per heavy atom. The second-order valence-corrected chi connectivity index (χ2v) is 10.6. The van der Waals surface area contributed by atoms with Crippen LogP contribution in [0.4, 0.5) is 0 Å². The van der Waals surface area contributed by atoms with Gasteiger partial charge in [-0.05, 0) is 45.7 Å². The molecule has 2 aliphatic heterocycles. The summed E-state index contributed by atoms with van der Waals surface area (Å²) in [4.78, 5) is 7.44. The van der Waals surface area contributed by atoms with Crippen LogP contribution in [0.5, 0.6) is 0 Å². The predicted molar refractivity (Wildman–Crippen MR) is 107 cm³/mol. The molecule has 0 aliphatic carbocycles. The van der Waals surface area contributed by atoms with Crippen molar-refractivity contribution in [3.8, 4) is 0 Å². The number of imidazole rings is 1. The number of hydrogen-bond donors (Lipinski definition) is 0. The highest BCUT2D eigenvalue weighted by Gasteiger charge is 2.46. The lowest BCUT2D eigenvalue weighted by Crippen LogP contribution is -2.53. The van der Waals surface area contributed by atoms with Crippen LogP contribution in [0.25, 0.3) is 0 Å². The minimum atomic E-state index is -3.15. The van der Waals surface area contributed by atoms with Crippen LogP contribution in [0.15, 0.2) is 22.8 Å². The van der Waals surface area contributed by atoms with Crippen LogP contribution < -0.4 is 0 Å². The highest BCUT2D eigenvalue weighted by Crippen LogP contribution is 2.43. The summed E-state index contributed by atoms with van der Waals surface area (Å²) in [5, 5.41) is 0. The molecule has 0 saturated carbocycles. The lowest BCUT2D eigenvalue weighted by Gasteiger charge is -2.46. The molecule has 1 saturated heterocycles. The molecule has 1 spiro atoms. The van der Waals surface area contributed by atoms with Gasteiger partial charge in [0.2, 0.25) is 10.0 Å². The van der Waals surface area contributed by atoms with Crippen molar-refractivity contribution in [2.45, 2.75) is 58.2 Å². The Labute approximate surface area is 167 Å². The summed E-state index contributed by atoms with van der Waals surface area (Å²) in [6.45, 7) is 10.1. The SMILES string of the molecule is Cc1nc2c(n1C(C)C)CN(Cc1ccco1)CC21CCN(S(C)(=O)=O)CC1. The van der Waals surface area contributed by atoms with Crippen molar-refractivity contribution in [1.29, 1.82) is 0 Å². The number of aromatic nitrogens is 2. The zero-order chi connectivity index (χ0) is 20.1. The maximum Gasteiger partial charge on any atom is 0.211 e. The van der Waals surface area contributed by atoms with Crippen molar-refractivity contribution < 1.29 is 12.8 Å². The van der Waals surface area contributed by atoms with Gasteiger partial charge in [0.25, 0.3) is 0 Å². The monoisotopic (exact) mass is 406 g/mol. The zero-order valence-electron chi connectivity index (χ0n) is 17.2. The molecule has 0 bridgehead atoms. The summed E-state index contributed by atoms with van der Waals surface area (Å²) in [7, 11) is -3.15. The molecule has 4 heterocycles. The van der Waals surface area contributed by atoms with E-state index in [2.05, 4.69) is 30.2 Å². The maximum atomic E-state index is 12.0. The fourth-order valence-electron chi connectivity index (χ4n) is 5.00. The quantitative estimate of drug-likeness (QED) is 0.781. The summed E-state index contributed by atoms with van der Waals surface area (Å²) in [6, 6.07) is 4.28. The van der Waals surface area contributed by atoms with Gasteiger partial charge in [0.05, 0.1) is 30.5 Å². The Morgan fingerprint density at radius 2 is 2.00 bits per heavy atom. The number of piperidine rings is 1. The van der Waals surface area contributed by atoms with Gasteiger partial charge in [-0.3, -0.25) is 4.90 Å². The number of furan rings is 1. The molecule has 28 heavy (non-hydrogen) atoms. The summed E-state index contributed by atoms with van der Waals surface area (Å²) in [5.41, 5.74) is 2.35. The number of aryl methyl sites for hydroxylation is 1. The van der Waals surface area contributed by atoms with Crippen LogP contribution >= 0.6 is 0 Å². The first-order valence-electron chi connectivity index (χ1n) is 9.98. The highest BCUT2D eigenvalue weighted by atomic mass is 32.2. The summed E-state index contributed by atoms with van der Waals surface area (Å²) in [6.07, 6.45) is 4.62. The van der Waals surface area contributed by atoms with Crippen molar-refractivity contribution in [2.24, 2.45) is 0 Å². The van der Waals surface area contributed by atoms with Crippen LogP contribution in [-0.4, -0.2) is 53.1 Å². The normalized spacial score (nSPS) is 20.8. The van der Waals surface area contributed by atoms with Crippen molar-refractivity contribution in [1.82, 2.24) is 18.8 Å². The Hall–Kier alpha value is -1.64. The van der Waals surface area contributed by atoms with Gasteiger partial charge in [-0.1, -0.05) is 0 Å². The van der Waals surface area contributed by atoms with E-state index in [1.165, 1.54) is 17.6 Å². The lowest BCUT2D eigenvalue weighted by molar-refractivity contribution is 0.109. The van der Waals surface area contributed by atoms with Crippen LogP contribution in [0, 0.1) is 6.92 Å². The fraction of sp³-hybridized carbons (Fsp3) is 0.650. The van der Waals surface area contributed by atoms with Crippen LogP contribution in [0.1, 0.15) is 55.7 Å². The number of hydrogen-bond acceptors (Lipinski definition) is 5. The van der Waals surface area contributed by atoms with Crippen molar-refractivity contribution in [3.63, 3.8) is 0 Å². The third kappa shape index (κ3) is 3.42. The van der Waals surface area contributed by atoms with Gasteiger partial charge in [0.1, 0.15) is 11.6 Å². The van der Waals surface area contributed by atoms with E-state index in [0.29, 0.717) is 19.1 Å². The molecule has 0 atom stereocenters. The molecule has 0 aromatic carbocycles. The first kappa shape index (κ1) is 19.7. The van der Waals surface area contributed by atoms with Crippen molar-refractivity contribution in [3.05, 3.63) is 41.4 Å². The molecule has 154 valence electrons. The first-order valence-corrected chi connectivity index (χ1v) is 11.8. The number of nitrogens with zero attached hydrogens (tertiary/aromatic N) is 4. The number of rotatable bonds is 4. The highest BCUT2D eigenvalue weighted by molar-refractivity contribution is 7.88. The number of sulfonamides is 1. The van der Waals surface area contributed by atoms with Crippen LogP contribution in [0.2, 0.25) is 0 Å². The molecule has 7 nitrogen and oxygen atoms in total. The second kappa shape index (κ2) is 7.00. The number of fused-ring (bicyclic) bond motifs is 2. The summed E-state index contributed by atoms with van der Waals surface area (Å²) in [5.74, 6) is 2.00. The van der Waals surface area contributed by atoms with Gasteiger partial charge < -0.3 is 8.98 Å². The molecule has 1 fully saturated rings. The Bertz CT molecular complexity index is 939. The van der Waals surface area contributed by atoms with E-state index in [-0.39, 0.29) is 5.41 Å². The molecule has 2 aromatic rings. The third-order valence-electron chi connectivity index (χ3n) is 6.21. The van der Waals surface area contributed by atoms with Crippen molar-refractivity contribution in [2.75, 3.05) is 25.9 Å². The predicted octanol–water partition coefficient (Wildman–Crippen LogP) is 2.67. The van der Waals surface area contributed by atoms with E-state index >= 15 is 0 Å². The molecule has 4 rings (SSSR count). The van der Waals surface area contributed by atoms with Gasteiger partial charge in [-0.15, -0.1) is 0 Å². The van der Waals surface area contributed by atoms with Crippen molar-refractivity contribution >= 4 is 10.0 Å². The van der Waals surface area contributed by atoms with Crippen LogP contribution in [0.3, 0.4) is 0 Å². The maximum absolute atomic E-state index is 12.0. The minimum Gasteiger partial charge on any atom is -0.468 e. The first-order chi connectivity index (χ1) is 13.2. The lowest BCUT2D eigenvalue weighted by atomic mass is 9.73. The van der Waals surface area contributed by atoms with E-state index < -0.39 is 10.0 Å². The second-order valence-electron chi connectivity index (χ2n) is 8.58. The third-order valence-corrected chi connectivity index (χ3v) is 7.52. The van der Waals surface area contributed by atoms with Gasteiger partial charge in [-0.2, -0.15) is 0 Å². The van der Waals surface area contributed by atoms with E-state index in [1.807, 2.05) is 12.1 Å². The van der Waals surface area contributed by atoms with Gasteiger partial charge in [0, 0.05) is 37.6 Å². The summed E-state index contributed by atoms with van der Waals surface area (Å²) >= 11 is 0. The Kier molecular flexibility index (Phi) is 4.92. The molecule has 0 amide bonds. The fourth-order valence-corrected chi connectivity index (χ4v) is 5.84. The van der Waals surface area contributed by atoms with E-state index in [4.69, 9.17) is 9.40 Å². The topological polar surface area (TPSA) is 71.6 Å². The molecular weight excluding hydrogens is 376 g/mol. The van der Waals surface area contributed by atoms with Gasteiger partial charge >= 0.3 is 0 Å². The van der Waals surface area contributed by atoms with Gasteiger partial charge in [-0.25, -0.2) is 17.7 Å². The molecular formula is C20H30N4O3S. The van der Waals surface area contributed by atoms with E-state index in [0.717, 1.165) is 44.1 Å². The molecule has 0 radical (unpaired) electrons. The molecule has 0 unspecified atom stereocenters. The van der Waals surface area contributed by atoms with E-state index in [1.54, 1.807) is 10.6 Å². The standard InChI is InChI=1S/C20H30N4O3S/c1-15(2)24-16(3)21-19-18(24)13-22(12-17-6-5-11-27-17)14-20(19)7-9-23(10-8-20)28(4,25)26/h5-6,11,15H,7-10,12-14H2,1-4H3. The molecule has 2 aliphatic rings. The molecule has 0 N–H and O–H groups in total. The van der Waals surface area contributed by atoms with Crippen LogP contribution in [-0.2, 0) is 28.5 Å². The Balaban J connectivity index is 1.70.